The number of anilines is 1. The molecule has 0 fully saturated rings. The maximum absolute atomic E-state index is 12.2. The van der Waals surface area contributed by atoms with Crippen LogP contribution in [-0.2, 0) is 14.3 Å². The Kier molecular flexibility index (Phi) is 7.62. The number of nitro benzene ring substituents is 1. The largest absolute Gasteiger partial charge is 0.452 e. The smallest absolute Gasteiger partial charge is 0.308 e. The van der Waals surface area contributed by atoms with Crippen LogP contribution in [-0.4, -0.2) is 35.4 Å². The van der Waals surface area contributed by atoms with E-state index in [1.54, 1.807) is 6.07 Å². The molecule has 0 aliphatic rings. The molecule has 2 amide bonds. The van der Waals surface area contributed by atoms with E-state index in [0.717, 1.165) is 11.1 Å². The van der Waals surface area contributed by atoms with E-state index in [2.05, 4.69) is 10.6 Å². The first-order chi connectivity index (χ1) is 14.2. The van der Waals surface area contributed by atoms with Gasteiger partial charge >= 0.3 is 5.97 Å². The summed E-state index contributed by atoms with van der Waals surface area (Å²) in [5, 5.41) is 15.9. The Bertz CT molecular complexity index is 956. The number of nitrogens with one attached hydrogen (secondary N) is 2. The molecule has 9 nitrogen and oxygen atoms in total. The molecule has 2 aromatic rings. The molecule has 0 unspecified atom stereocenters. The fourth-order valence-electron chi connectivity index (χ4n) is 2.61. The van der Waals surface area contributed by atoms with E-state index in [-0.39, 0.29) is 24.2 Å². The molecule has 0 aliphatic heterocycles. The van der Waals surface area contributed by atoms with Crippen molar-refractivity contribution >= 4 is 29.2 Å². The van der Waals surface area contributed by atoms with Gasteiger partial charge in [-0.05, 0) is 44.5 Å². The molecule has 2 aromatic carbocycles. The summed E-state index contributed by atoms with van der Waals surface area (Å²) in [4.78, 5) is 46.2. The highest BCUT2D eigenvalue weighted by atomic mass is 16.6. The monoisotopic (exact) mass is 413 g/mol. The third-order valence-corrected chi connectivity index (χ3v) is 4.27. The molecule has 30 heavy (non-hydrogen) atoms. The number of amides is 2. The van der Waals surface area contributed by atoms with Crippen LogP contribution in [0.3, 0.4) is 0 Å². The number of carbonyl (C=O) groups excluding carboxylic acids is 3. The molecule has 0 saturated heterocycles. The normalized spacial score (nSPS) is 11.3. The number of nitro groups is 1. The van der Waals surface area contributed by atoms with Crippen molar-refractivity contribution < 1.29 is 24.0 Å². The summed E-state index contributed by atoms with van der Waals surface area (Å²) in [6.07, 6.45) is -1.12. The van der Waals surface area contributed by atoms with Gasteiger partial charge in [0.25, 0.3) is 17.5 Å². The van der Waals surface area contributed by atoms with Crippen LogP contribution in [0.2, 0.25) is 0 Å². The first kappa shape index (κ1) is 22.5. The number of carbonyl (C=O) groups is 3. The van der Waals surface area contributed by atoms with Crippen LogP contribution in [0.15, 0.2) is 42.5 Å². The summed E-state index contributed by atoms with van der Waals surface area (Å²) >= 11 is 0. The topological polar surface area (TPSA) is 128 Å². The highest BCUT2D eigenvalue weighted by Gasteiger charge is 2.19. The molecule has 1 atom stereocenters. The predicted octanol–water partition coefficient (Wildman–Crippen LogP) is 2.90. The van der Waals surface area contributed by atoms with Crippen molar-refractivity contribution in [2.45, 2.75) is 33.3 Å². The number of hydrogen-bond acceptors (Lipinski definition) is 6. The van der Waals surface area contributed by atoms with E-state index >= 15 is 0 Å². The van der Waals surface area contributed by atoms with Crippen LogP contribution in [0.1, 0.15) is 34.8 Å². The van der Waals surface area contributed by atoms with Crippen molar-refractivity contribution in [2.75, 3.05) is 11.9 Å². The Morgan fingerprint density at radius 2 is 1.77 bits per heavy atom. The second kappa shape index (κ2) is 10.1. The highest BCUT2D eigenvalue weighted by molar-refractivity contribution is 5.96. The van der Waals surface area contributed by atoms with Gasteiger partial charge in [-0.25, -0.2) is 0 Å². The Labute approximate surface area is 173 Å². The molecule has 9 heteroatoms. The van der Waals surface area contributed by atoms with E-state index in [9.17, 15) is 24.5 Å². The van der Waals surface area contributed by atoms with Gasteiger partial charge in [0.2, 0.25) is 0 Å². The fraction of sp³-hybridized carbons (Fsp3) is 0.286. The number of aryl methyl sites for hydroxylation is 2. The van der Waals surface area contributed by atoms with Gasteiger partial charge in [-0.3, -0.25) is 24.5 Å². The van der Waals surface area contributed by atoms with Crippen molar-refractivity contribution in [1.29, 1.82) is 0 Å². The van der Waals surface area contributed by atoms with Gasteiger partial charge in [0.15, 0.2) is 6.10 Å². The molecule has 2 rings (SSSR count). The van der Waals surface area contributed by atoms with Crippen LogP contribution in [0.5, 0.6) is 0 Å². The first-order valence-electron chi connectivity index (χ1n) is 9.27. The van der Waals surface area contributed by atoms with Gasteiger partial charge in [-0.15, -0.1) is 0 Å². The number of rotatable bonds is 8. The van der Waals surface area contributed by atoms with Gasteiger partial charge in [0.05, 0.1) is 11.3 Å². The third kappa shape index (κ3) is 6.40. The molecule has 0 aromatic heterocycles. The number of esters is 1. The number of benzene rings is 2. The van der Waals surface area contributed by atoms with Gasteiger partial charge in [0, 0.05) is 29.9 Å². The van der Waals surface area contributed by atoms with E-state index in [4.69, 9.17) is 4.74 Å². The number of nitrogens with zero attached hydrogens (tertiary/aromatic N) is 1. The Morgan fingerprint density at radius 1 is 1.10 bits per heavy atom. The SMILES string of the molecule is Cc1ccc(NC(=O)[C@@H](C)OC(=O)CCNC(=O)c2ccc([N+](=O)[O-])cc2)c(C)c1. The second-order valence-electron chi connectivity index (χ2n) is 6.75. The molecule has 0 saturated carbocycles. The minimum atomic E-state index is -0.997. The molecule has 158 valence electrons. The molecule has 0 aliphatic carbocycles. The van der Waals surface area contributed by atoms with E-state index in [1.165, 1.54) is 31.2 Å². The number of non-ortho nitro benzene ring substituents is 1. The average Bonchev–Trinajstić information content (AvgIpc) is 2.69. The molecule has 0 heterocycles. The highest BCUT2D eigenvalue weighted by Crippen LogP contribution is 2.16. The van der Waals surface area contributed by atoms with Gasteiger partial charge in [0.1, 0.15) is 0 Å². The molecule has 2 N–H and O–H groups in total. The standard InChI is InChI=1S/C21H23N3O6/c1-13-4-9-18(14(2)12-13)23-20(26)15(3)30-19(25)10-11-22-21(27)16-5-7-17(8-6-16)24(28)29/h4-9,12,15H,10-11H2,1-3H3,(H,22,27)(H,23,26)/t15-/m1/s1. The zero-order chi connectivity index (χ0) is 22.3. The molecular formula is C21H23N3O6. The lowest BCUT2D eigenvalue weighted by molar-refractivity contribution is -0.384. The lowest BCUT2D eigenvalue weighted by Crippen LogP contribution is -2.32. The summed E-state index contributed by atoms with van der Waals surface area (Å²) in [6.45, 7) is 5.28. The maximum Gasteiger partial charge on any atom is 0.308 e. The number of ether oxygens (including phenoxy) is 1. The lowest BCUT2D eigenvalue weighted by atomic mass is 10.1. The fourth-order valence-corrected chi connectivity index (χ4v) is 2.61. The van der Waals surface area contributed by atoms with Gasteiger partial charge in [-0.2, -0.15) is 0 Å². The lowest BCUT2D eigenvalue weighted by Gasteiger charge is -2.15. The van der Waals surface area contributed by atoms with Crippen LogP contribution < -0.4 is 10.6 Å². The first-order valence-corrected chi connectivity index (χ1v) is 9.27. The Morgan fingerprint density at radius 3 is 2.37 bits per heavy atom. The van der Waals surface area contributed by atoms with Crippen LogP contribution in [0, 0.1) is 24.0 Å². The van der Waals surface area contributed by atoms with Gasteiger partial charge < -0.3 is 15.4 Å². The minimum Gasteiger partial charge on any atom is -0.452 e. The number of hydrogen-bond donors (Lipinski definition) is 2. The maximum atomic E-state index is 12.2. The molecule has 0 bridgehead atoms. The Hall–Kier alpha value is -3.75. The zero-order valence-electron chi connectivity index (χ0n) is 16.9. The average molecular weight is 413 g/mol. The summed E-state index contributed by atoms with van der Waals surface area (Å²) in [6, 6.07) is 10.7. The van der Waals surface area contributed by atoms with E-state index in [1.807, 2.05) is 26.0 Å². The van der Waals surface area contributed by atoms with E-state index in [0.29, 0.717) is 5.69 Å². The van der Waals surface area contributed by atoms with E-state index < -0.39 is 28.8 Å². The minimum absolute atomic E-state index is 0.0000630. The van der Waals surface area contributed by atoms with Crippen LogP contribution in [0.25, 0.3) is 0 Å². The summed E-state index contributed by atoms with van der Waals surface area (Å²) in [5.74, 6) is -1.56. The quantitative estimate of drug-likeness (QED) is 0.389. The van der Waals surface area contributed by atoms with Crippen molar-refractivity contribution in [3.63, 3.8) is 0 Å². The molecule has 0 spiro atoms. The van der Waals surface area contributed by atoms with Crippen molar-refractivity contribution in [2.24, 2.45) is 0 Å². The summed E-state index contributed by atoms with van der Waals surface area (Å²) < 4.78 is 5.10. The Balaban J connectivity index is 1.77. The molecular weight excluding hydrogens is 390 g/mol. The van der Waals surface area contributed by atoms with Crippen LogP contribution >= 0.6 is 0 Å². The summed E-state index contributed by atoms with van der Waals surface area (Å²) in [5.41, 5.74) is 2.72. The molecule has 0 radical (unpaired) electrons. The predicted molar refractivity (Wildman–Crippen MR) is 110 cm³/mol. The second-order valence-corrected chi connectivity index (χ2v) is 6.75. The van der Waals surface area contributed by atoms with Crippen molar-refractivity contribution in [3.05, 3.63) is 69.3 Å². The zero-order valence-corrected chi connectivity index (χ0v) is 16.9. The van der Waals surface area contributed by atoms with Crippen molar-refractivity contribution in [1.82, 2.24) is 5.32 Å². The third-order valence-electron chi connectivity index (χ3n) is 4.27. The van der Waals surface area contributed by atoms with Gasteiger partial charge in [-0.1, -0.05) is 17.7 Å². The van der Waals surface area contributed by atoms with Crippen molar-refractivity contribution in [3.8, 4) is 0 Å². The van der Waals surface area contributed by atoms with Crippen LogP contribution in [0.4, 0.5) is 11.4 Å². The summed E-state index contributed by atoms with van der Waals surface area (Å²) in [7, 11) is 0.